The molecule has 9 nitrogen and oxygen atoms in total. The minimum absolute atomic E-state index is 0.171. The number of ether oxygens (including phenoxy) is 4. The summed E-state index contributed by atoms with van der Waals surface area (Å²) >= 11 is 0. The van der Waals surface area contributed by atoms with Crippen molar-refractivity contribution in [3.8, 4) is 23.0 Å². The Bertz CT molecular complexity index is 1240. The number of fused-ring (bicyclic) bond motifs is 1. The van der Waals surface area contributed by atoms with E-state index in [4.69, 9.17) is 18.9 Å². The molecule has 0 spiro atoms. The number of pyridine rings is 1. The first kappa shape index (κ1) is 29.4. The fourth-order valence-electron chi connectivity index (χ4n) is 4.39. The second-order valence-electron chi connectivity index (χ2n) is 11.2. The van der Waals surface area contributed by atoms with Gasteiger partial charge in [0, 0.05) is 43.0 Å². The zero-order valence-electron chi connectivity index (χ0n) is 24.1. The topological polar surface area (TPSA) is 94.2 Å². The molecule has 1 aliphatic heterocycles. The molecule has 1 fully saturated rings. The van der Waals surface area contributed by atoms with Crippen LogP contribution in [-0.2, 0) is 4.74 Å². The Balaban J connectivity index is 1.35. The molecule has 216 valence electrons. The van der Waals surface area contributed by atoms with Crippen LogP contribution < -0.4 is 24.8 Å². The average molecular weight is 551 g/mol. The third-order valence-corrected chi connectivity index (χ3v) is 6.72. The molecule has 1 aliphatic rings. The predicted octanol–water partition coefficient (Wildman–Crippen LogP) is 6.08. The van der Waals surface area contributed by atoms with Gasteiger partial charge in [-0.25, -0.2) is 4.79 Å². The number of nitrogens with one attached hydrogen (secondary N) is 2. The Hall–Kier alpha value is -3.56. The molecule has 40 heavy (non-hydrogen) atoms. The lowest BCUT2D eigenvalue weighted by atomic mass is 9.92. The fourth-order valence-corrected chi connectivity index (χ4v) is 4.39. The fraction of sp³-hybridized carbons (Fsp3) is 0.484. The summed E-state index contributed by atoms with van der Waals surface area (Å²) in [6.07, 6.45) is 4.63. The Morgan fingerprint density at radius 1 is 1.02 bits per heavy atom. The van der Waals surface area contributed by atoms with E-state index in [1.54, 1.807) is 13.3 Å². The summed E-state index contributed by atoms with van der Waals surface area (Å²) < 4.78 is 23.3. The Morgan fingerprint density at radius 2 is 1.80 bits per heavy atom. The number of anilines is 1. The second kappa shape index (κ2) is 14.2. The van der Waals surface area contributed by atoms with Gasteiger partial charge in [0.15, 0.2) is 11.5 Å². The summed E-state index contributed by atoms with van der Waals surface area (Å²) in [5.41, 5.74) is 1.61. The summed E-state index contributed by atoms with van der Waals surface area (Å²) in [7, 11) is 1.63. The number of benzene rings is 2. The molecule has 3 aromatic rings. The molecule has 0 aliphatic carbocycles. The van der Waals surface area contributed by atoms with Gasteiger partial charge in [0.05, 0.1) is 32.4 Å². The van der Waals surface area contributed by atoms with E-state index in [2.05, 4.69) is 41.3 Å². The molecular weight excluding hydrogens is 508 g/mol. The van der Waals surface area contributed by atoms with E-state index in [-0.39, 0.29) is 11.4 Å². The van der Waals surface area contributed by atoms with Gasteiger partial charge in [-0.2, -0.15) is 0 Å². The van der Waals surface area contributed by atoms with Gasteiger partial charge in [0.25, 0.3) is 0 Å². The number of hydrogen-bond donors (Lipinski definition) is 2. The number of nitrogens with zero attached hydrogens (tertiary/aromatic N) is 2. The van der Waals surface area contributed by atoms with Gasteiger partial charge in [0.2, 0.25) is 0 Å². The van der Waals surface area contributed by atoms with Gasteiger partial charge < -0.3 is 29.6 Å². The molecule has 2 N–H and O–H groups in total. The van der Waals surface area contributed by atoms with Crippen LogP contribution in [0.25, 0.3) is 10.9 Å². The number of urea groups is 1. The minimum Gasteiger partial charge on any atom is -0.493 e. The molecule has 4 rings (SSSR count). The number of carbonyl (C=O) groups is 1. The lowest BCUT2D eigenvalue weighted by Crippen LogP contribution is -2.36. The van der Waals surface area contributed by atoms with E-state index in [1.807, 2.05) is 42.5 Å². The zero-order chi connectivity index (χ0) is 28.4. The molecule has 0 atom stereocenters. The van der Waals surface area contributed by atoms with Crippen molar-refractivity contribution in [2.45, 2.75) is 40.0 Å². The number of amides is 2. The Kier molecular flexibility index (Phi) is 10.4. The standard InChI is InChI=1S/C31H42N4O5/c1-31(2,3)12-14-33-30(36)34-23-7-9-24(10-8-23)40-27-11-13-32-26-22-28(37-4)29(21-25(26)27)39-18-6-5-15-35-16-19-38-20-17-35/h7-11,13,21-22H,5-6,12,14-20H2,1-4H3,(H2,33,34,36). The van der Waals surface area contributed by atoms with Crippen LogP contribution in [0.4, 0.5) is 10.5 Å². The van der Waals surface area contributed by atoms with Gasteiger partial charge in [-0.05, 0) is 67.6 Å². The van der Waals surface area contributed by atoms with Crippen molar-refractivity contribution in [3.63, 3.8) is 0 Å². The number of hydrogen-bond acceptors (Lipinski definition) is 7. The summed E-state index contributed by atoms with van der Waals surface area (Å²) in [4.78, 5) is 19.1. The summed E-state index contributed by atoms with van der Waals surface area (Å²) in [5, 5.41) is 6.58. The smallest absolute Gasteiger partial charge is 0.319 e. The van der Waals surface area contributed by atoms with Gasteiger partial charge in [-0.1, -0.05) is 20.8 Å². The van der Waals surface area contributed by atoms with Crippen LogP contribution in [-0.4, -0.2) is 69.0 Å². The van der Waals surface area contributed by atoms with Crippen LogP contribution in [0.3, 0.4) is 0 Å². The lowest BCUT2D eigenvalue weighted by molar-refractivity contribution is 0.0368. The molecular formula is C31H42N4O5. The minimum atomic E-state index is -0.222. The lowest BCUT2D eigenvalue weighted by Gasteiger charge is -2.26. The molecule has 0 saturated carbocycles. The molecule has 9 heteroatoms. The van der Waals surface area contributed by atoms with E-state index in [9.17, 15) is 4.79 Å². The predicted molar refractivity (Wildman–Crippen MR) is 158 cm³/mol. The third-order valence-electron chi connectivity index (χ3n) is 6.72. The van der Waals surface area contributed by atoms with Crippen LogP contribution in [0.5, 0.6) is 23.0 Å². The Morgan fingerprint density at radius 3 is 2.52 bits per heavy atom. The number of unbranched alkanes of at least 4 members (excludes halogenated alkanes) is 1. The number of morpholine rings is 1. The van der Waals surface area contributed by atoms with E-state index < -0.39 is 0 Å². The molecule has 1 aromatic heterocycles. The zero-order valence-corrected chi connectivity index (χ0v) is 24.1. The quantitative estimate of drug-likeness (QED) is 0.264. The van der Waals surface area contributed by atoms with Gasteiger partial charge in [-0.3, -0.25) is 9.88 Å². The molecule has 0 unspecified atom stereocenters. The molecule has 0 bridgehead atoms. The van der Waals surface area contributed by atoms with Crippen molar-refractivity contribution >= 4 is 22.6 Å². The second-order valence-corrected chi connectivity index (χ2v) is 11.2. The molecule has 1 saturated heterocycles. The van der Waals surface area contributed by atoms with Crippen LogP contribution >= 0.6 is 0 Å². The third kappa shape index (κ3) is 8.99. The summed E-state index contributed by atoms with van der Waals surface area (Å²) in [6.45, 7) is 12.4. The highest BCUT2D eigenvalue weighted by Crippen LogP contribution is 2.37. The van der Waals surface area contributed by atoms with Crippen molar-refractivity contribution in [2.24, 2.45) is 5.41 Å². The summed E-state index contributed by atoms with van der Waals surface area (Å²) in [5.74, 6) is 2.61. The van der Waals surface area contributed by atoms with Gasteiger partial charge in [-0.15, -0.1) is 0 Å². The van der Waals surface area contributed by atoms with Crippen LogP contribution in [0.1, 0.15) is 40.0 Å². The monoisotopic (exact) mass is 550 g/mol. The maximum Gasteiger partial charge on any atom is 0.319 e. The highest BCUT2D eigenvalue weighted by atomic mass is 16.5. The highest BCUT2D eigenvalue weighted by Gasteiger charge is 2.14. The SMILES string of the molecule is COc1cc2nccc(Oc3ccc(NC(=O)NCCC(C)(C)C)cc3)c2cc1OCCCCN1CCOCC1. The van der Waals surface area contributed by atoms with Crippen LogP contribution in [0.2, 0.25) is 0 Å². The first-order chi connectivity index (χ1) is 19.3. The summed E-state index contributed by atoms with van der Waals surface area (Å²) in [6, 6.07) is 12.7. The maximum absolute atomic E-state index is 12.2. The average Bonchev–Trinajstić information content (AvgIpc) is 2.93. The number of carbonyl (C=O) groups excluding carboxylic acids is 1. The van der Waals surface area contributed by atoms with E-state index in [1.165, 1.54) is 0 Å². The largest absolute Gasteiger partial charge is 0.493 e. The molecule has 2 heterocycles. The molecule has 2 aromatic carbocycles. The first-order valence-electron chi connectivity index (χ1n) is 14.0. The molecule has 2 amide bonds. The van der Waals surface area contributed by atoms with Crippen molar-refractivity contribution < 1.29 is 23.7 Å². The van der Waals surface area contributed by atoms with E-state index in [0.717, 1.165) is 63.0 Å². The number of methoxy groups -OCH3 is 1. The van der Waals surface area contributed by atoms with Gasteiger partial charge >= 0.3 is 6.03 Å². The highest BCUT2D eigenvalue weighted by molar-refractivity contribution is 5.89. The van der Waals surface area contributed by atoms with Gasteiger partial charge in [0.1, 0.15) is 11.5 Å². The molecule has 0 radical (unpaired) electrons. The number of rotatable bonds is 12. The van der Waals surface area contributed by atoms with Crippen molar-refractivity contribution in [1.82, 2.24) is 15.2 Å². The van der Waals surface area contributed by atoms with Crippen molar-refractivity contribution in [2.75, 3.05) is 58.4 Å². The van der Waals surface area contributed by atoms with Crippen molar-refractivity contribution in [3.05, 3.63) is 48.7 Å². The normalized spacial score (nSPS) is 14.1. The van der Waals surface area contributed by atoms with Crippen LogP contribution in [0, 0.1) is 5.41 Å². The Labute approximate surface area is 237 Å². The van der Waals surface area contributed by atoms with E-state index >= 15 is 0 Å². The van der Waals surface area contributed by atoms with Crippen LogP contribution in [0.15, 0.2) is 48.7 Å². The number of aromatic nitrogens is 1. The van der Waals surface area contributed by atoms with Crippen molar-refractivity contribution in [1.29, 1.82) is 0 Å². The maximum atomic E-state index is 12.2. The first-order valence-corrected chi connectivity index (χ1v) is 14.0. The van der Waals surface area contributed by atoms with E-state index in [0.29, 0.717) is 41.8 Å².